The molecule has 0 aliphatic carbocycles. The Balaban J connectivity index is 4.06. The van der Waals surface area contributed by atoms with E-state index in [1.54, 1.807) is 0 Å². The molecule has 0 aromatic carbocycles. The van der Waals surface area contributed by atoms with E-state index in [-0.39, 0.29) is 12.2 Å². The largest absolute Gasteiger partial charge is 0.393 e. The van der Waals surface area contributed by atoms with E-state index in [4.69, 9.17) is 4.74 Å². The first-order valence-electron chi connectivity index (χ1n) is 4.99. The van der Waals surface area contributed by atoms with Crippen LogP contribution < -0.4 is 0 Å². The van der Waals surface area contributed by atoms with Gasteiger partial charge < -0.3 is 9.84 Å². The van der Waals surface area contributed by atoms with E-state index in [2.05, 4.69) is 13.8 Å². The van der Waals surface area contributed by atoms with Crippen molar-refractivity contribution in [1.82, 2.24) is 0 Å². The molecule has 74 valence electrons. The van der Waals surface area contributed by atoms with Crippen LogP contribution in [0.2, 0.25) is 0 Å². The standard InChI is InChI=1S/C10H22O2/c1-4-7-10(9-11,8-5-2)12-6-3/h11H,4-9H2,1-3H3. The van der Waals surface area contributed by atoms with Gasteiger partial charge in [0.2, 0.25) is 0 Å². The lowest BCUT2D eigenvalue weighted by atomic mass is 9.93. The Morgan fingerprint density at radius 2 is 1.58 bits per heavy atom. The van der Waals surface area contributed by atoms with E-state index in [1.807, 2.05) is 6.92 Å². The third-order valence-electron chi connectivity index (χ3n) is 2.15. The molecule has 0 heterocycles. The summed E-state index contributed by atoms with van der Waals surface area (Å²) in [5, 5.41) is 9.24. The van der Waals surface area contributed by atoms with Gasteiger partial charge in [0.15, 0.2) is 0 Å². The van der Waals surface area contributed by atoms with Gasteiger partial charge in [-0.1, -0.05) is 26.7 Å². The molecule has 0 radical (unpaired) electrons. The Morgan fingerprint density at radius 1 is 1.08 bits per heavy atom. The molecule has 0 aliphatic heterocycles. The summed E-state index contributed by atoms with van der Waals surface area (Å²) in [6, 6.07) is 0. The fourth-order valence-corrected chi connectivity index (χ4v) is 1.69. The Bertz CT molecular complexity index is 85.0. The highest BCUT2D eigenvalue weighted by atomic mass is 16.5. The smallest absolute Gasteiger partial charge is 0.0911 e. The van der Waals surface area contributed by atoms with Crippen LogP contribution >= 0.6 is 0 Å². The van der Waals surface area contributed by atoms with E-state index in [0.717, 1.165) is 25.7 Å². The van der Waals surface area contributed by atoms with Crippen molar-refractivity contribution in [2.75, 3.05) is 13.2 Å². The number of hydrogen-bond acceptors (Lipinski definition) is 2. The normalized spacial score (nSPS) is 12.0. The summed E-state index contributed by atoms with van der Waals surface area (Å²) < 4.78 is 5.61. The predicted octanol–water partition coefficient (Wildman–Crippen LogP) is 2.35. The van der Waals surface area contributed by atoms with Gasteiger partial charge >= 0.3 is 0 Å². The van der Waals surface area contributed by atoms with Crippen molar-refractivity contribution in [2.45, 2.75) is 52.1 Å². The van der Waals surface area contributed by atoms with Crippen LogP contribution in [0.15, 0.2) is 0 Å². The molecule has 0 saturated heterocycles. The van der Waals surface area contributed by atoms with Crippen LogP contribution in [-0.4, -0.2) is 23.9 Å². The van der Waals surface area contributed by atoms with Gasteiger partial charge in [0, 0.05) is 6.61 Å². The molecule has 0 amide bonds. The molecule has 0 aromatic rings. The number of rotatable bonds is 7. The Kier molecular flexibility index (Phi) is 6.39. The summed E-state index contributed by atoms with van der Waals surface area (Å²) in [6.07, 6.45) is 4.07. The van der Waals surface area contributed by atoms with Crippen molar-refractivity contribution >= 4 is 0 Å². The predicted molar refractivity (Wildman–Crippen MR) is 51.3 cm³/mol. The second-order valence-corrected chi connectivity index (χ2v) is 3.27. The summed E-state index contributed by atoms with van der Waals surface area (Å²) in [4.78, 5) is 0. The zero-order valence-corrected chi connectivity index (χ0v) is 8.60. The average molecular weight is 174 g/mol. The molecule has 0 unspecified atom stereocenters. The minimum Gasteiger partial charge on any atom is -0.393 e. The Labute approximate surface area is 75.9 Å². The topological polar surface area (TPSA) is 29.5 Å². The van der Waals surface area contributed by atoms with Crippen LogP contribution in [0.5, 0.6) is 0 Å². The second-order valence-electron chi connectivity index (χ2n) is 3.27. The molecule has 0 aliphatic rings. The van der Waals surface area contributed by atoms with Crippen LogP contribution in [0.1, 0.15) is 46.5 Å². The van der Waals surface area contributed by atoms with Crippen LogP contribution in [0.25, 0.3) is 0 Å². The summed E-state index contributed by atoms with van der Waals surface area (Å²) in [7, 11) is 0. The average Bonchev–Trinajstić information content (AvgIpc) is 2.06. The van der Waals surface area contributed by atoms with Crippen molar-refractivity contribution in [3.05, 3.63) is 0 Å². The van der Waals surface area contributed by atoms with Gasteiger partial charge in [0.25, 0.3) is 0 Å². The van der Waals surface area contributed by atoms with E-state index in [1.165, 1.54) is 0 Å². The molecule has 0 atom stereocenters. The van der Waals surface area contributed by atoms with E-state index in [9.17, 15) is 5.11 Å². The zero-order valence-electron chi connectivity index (χ0n) is 8.60. The molecule has 0 rings (SSSR count). The summed E-state index contributed by atoms with van der Waals surface area (Å²) in [5.74, 6) is 0. The minimum absolute atomic E-state index is 0.155. The van der Waals surface area contributed by atoms with Gasteiger partial charge in [-0.15, -0.1) is 0 Å². The van der Waals surface area contributed by atoms with Crippen LogP contribution in [0, 0.1) is 0 Å². The third-order valence-corrected chi connectivity index (χ3v) is 2.15. The fraction of sp³-hybridized carbons (Fsp3) is 1.00. The van der Waals surface area contributed by atoms with Gasteiger partial charge in [0.05, 0.1) is 12.2 Å². The van der Waals surface area contributed by atoms with Gasteiger partial charge in [-0.05, 0) is 19.8 Å². The van der Waals surface area contributed by atoms with Gasteiger partial charge in [-0.25, -0.2) is 0 Å². The molecule has 0 aromatic heterocycles. The first-order chi connectivity index (χ1) is 5.74. The lowest BCUT2D eigenvalue weighted by molar-refractivity contribution is -0.0860. The lowest BCUT2D eigenvalue weighted by Gasteiger charge is -2.31. The maximum Gasteiger partial charge on any atom is 0.0911 e. The van der Waals surface area contributed by atoms with E-state index >= 15 is 0 Å². The third kappa shape index (κ3) is 3.55. The fourth-order valence-electron chi connectivity index (χ4n) is 1.69. The summed E-state index contributed by atoms with van der Waals surface area (Å²) in [6.45, 7) is 7.08. The van der Waals surface area contributed by atoms with Crippen molar-refractivity contribution in [1.29, 1.82) is 0 Å². The van der Waals surface area contributed by atoms with Crippen molar-refractivity contribution in [3.8, 4) is 0 Å². The zero-order chi connectivity index (χ0) is 9.45. The molecule has 2 heteroatoms. The first-order valence-corrected chi connectivity index (χ1v) is 4.99. The molecule has 0 saturated carbocycles. The lowest BCUT2D eigenvalue weighted by Crippen LogP contribution is -2.36. The quantitative estimate of drug-likeness (QED) is 0.642. The van der Waals surface area contributed by atoms with Crippen molar-refractivity contribution in [3.63, 3.8) is 0 Å². The minimum atomic E-state index is -0.252. The number of aliphatic hydroxyl groups excluding tert-OH is 1. The Morgan fingerprint density at radius 3 is 1.83 bits per heavy atom. The van der Waals surface area contributed by atoms with Crippen LogP contribution in [0.4, 0.5) is 0 Å². The summed E-state index contributed by atoms with van der Waals surface area (Å²) in [5.41, 5.74) is -0.252. The molecular formula is C10H22O2. The first kappa shape index (κ1) is 11.9. The molecule has 2 nitrogen and oxygen atoms in total. The highest BCUT2D eigenvalue weighted by Gasteiger charge is 2.27. The van der Waals surface area contributed by atoms with E-state index < -0.39 is 0 Å². The van der Waals surface area contributed by atoms with Gasteiger partial charge in [-0.3, -0.25) is 0 Å². The van der Waals surface area contributed by atoms with E-state index in [0.29, 0.717) is 6.61 Å². The van der Waals surface area contributed by atoms with Crippen molar-refractivity contribution in [2.24, 2.45) is 0 Å². The maximum absolute atomic E-state index is 9.24. The summed E-state index contributed by atoms with van der Waals surface area (Å²) >= 11 is 0. The van der Waals surface area contributed by atoms with Crippen LogP contribution in [-0.2, 0) is 4.74 Å². The number of ether oxygens (including phenoxy) is 1. The van der Waals surface area contributed by atoms with Crippen LogP contribution in [0.3, 0.4) is 0 Å². The number of aliphatic hydroxyl groups is 1. The molecule has 12 heavy (non-hydrogen) atoms. The molecule has 0 bridgehead atoms. The SMILES string of the molecule is CCCC(CO)(CCC)OCC. The second kappa shape index (κ2) is 6.44. The molecule has 1 N–H and O–H groups in total. The Hall–Kier alpha value is -0.0800. The molecule has 0 fully saturated rings. The highest BCUT2D eigenvalue weighted by molar-refractivity contribution is 4.78. The molecular weight excluding hydrogens is 152 g/mol. The number of hydrogen-bond donors (Lipinski definition) is 1. The molecule has 0 spiro atoms. The highest BCUT2D eigenvalue weighted by Crippen LogP contribution is 2.23. The van der Waals surface area contributed by atoms with Gasteiger partial charge in [0.1, 0.15) is 0 Å². The monoisotopic (exact) mass is 174 g/mol. The van der Waals surface area contributed by atoms with Gasteiger partial charge in [-0.2, -0.15) is 0 Å². The van der Waals surface area contributed by atoms with Crippen molar-refractivity contribution < 1.29 is 9.84 Å². The maximum atomic E-state index is 9.24.